The lowest BCUT2D eigenvalue weighted by molar-refractivity contribution is -0.119. The zero-order valence-corrected chi connectivity index (χ0v) is 8.22. The smallest absolute Gasteiger partial charge is 0.217 e. The predicted octanol–water partition coefficient (Wildman–Crippen LogP) is 1.07. The molecule has 0 aliphatic carbocycles. The lowest BCUT2D eigenvalue weighted by Crippen LogP contribution is -2.20. The molecule has 4 nitrogen and oxygen atoms in total. The van der Waals surface area contributed by atoms with Gasteiger partial charge >= 0.3 is 0 Å². The van der Waals surface area contributed by atoms with E-state index >= 15 is 0 Å². The summed E-state index contributed by atoms with van der Waals surface area (Å²) in [5.74, 6) is -0.112. The molecule has 0 unspecified atom stereocenters. The third kappa shape index (κ3) is 2.99. The maximum atomic E-state index is 10.6. The molecule has 1 heterocycles. The molecule has 13 heavy (non-hydrogen) atoms. The van der Waals surface area contributed by atoms with E-state index in [1.165, 1.54) is 6.92 Å². The molecule has 1 N–H and O–H groups in total. The second-order valence-corrected chi connectivity index (χ2v) is 3.02. The van der Waals surface area contributed by atoms with Gasteiger partial charge in [0.25, 0.3) is 0 Å². The lowest BCUT2D eigenvalue weighted by atomic mass is 10.4. The number of hydrogen-bond donors (Lipinski definition) is 1. The van der Waals surface area contributed by atoms with Gasteiger partial charge in [0.2, 0.25) is 5.91 Å². The number of aryl methyl sites for hydroxylation is 1. The lowest BCUT2D eigenvalue weighted by Gasteiger charge is -2.03. The van der Waals surface area contributed by atoms with Crippen LogP contribution in [0.15, 0.2) is 6.20 Å². The number of halogens is 1. The highest BCUT2D eigenvalue weighted by molar-refractivity contribution is 6.30. The molecule has 0 bridgehead atoms. The minimum atomic E-state index is -0.112. The molecule has 0 radical (unpaired) electrons. The molecular formula is C8H10ClN3O. The Morgan fingerprint density at radius 3 is 3.00 bits per heavy atom. The Hall–Kier alpha value is -1.16. The molecule has 0 atom stereocenters. The fourth-order valence-electron chi connectivity index (χ4n) is 0.833. The maximum absolute atomic E-state index is 10.6. The number of nitrogens with one attached hydrogen (secondary N) is 1. The first kappa shape index (κ1) is 9.92. The Morgan fingerprint density at radius 2 is 2.38 bits per heavy atom. The van der Waals surface area contributed by atoms with Crippen LogP contribution in [0.2, 0.25) is 5.15 Å². The second kappa shape index (κ2) is 4.18. The standard InChI is InChI=1S/C8H10ClN3O/c1-5-3-11-8(9)7(12-5)4-10-6(2)13/h3H,4H2,1-2H3,(H,10,13). The van der Waals surface area contributed by atoms with Crippen LogP contribution in [0.3, 0.4) is 0 Å². The van der Waals surface area contributed by atoms with Crippen LogP contribution in [0.4, 0.5) is 0 Å². The predicted molar refractivity (Wildman–Crippen MR) is 49.3 cm³/mol. The van der Waals surface area contributed by atoms with E-state index in [0.717, 1.165) is 5.69 Å². The topological polar surface area (TPSA) is 54.9 Å². The van der Waals surface area contributed by atoms with Crippen molar-refractivity contribution in [3.8, 4) is 0 Å². The number of hydrogen-bond acceptors (Lipinski definition) is 3. The molecule has 1 rings (SSSR count). The summed E-state index contributed by atoms with van der Waals surface area (Å²) in [6.45, 7) is 3.58. The quantitative estimate of drug-likeness (QED) is 0.776. The summed E-state index contributed by atoms with van der Waals surface area (Å²) in [7, 11) is 0. The molecule has 0 fully saturated rings. The largest absolute Gasteiger partial charge is 0.351 e. The molecule has 0 saturated heterocycles. The van der Waals surface area contributed by atoms with E-state index < -0.39 is 0 Å². The van der Waals surface area contributed by atoms with Gasteiger partial charge in [0.1, 0.15) is 0 Å². The third-order valence-corrected chi connectivity index (χ3v) is 1.73. The third-order valence-electron chi connectivity index (χ3n) is 1.42. The molecule has 0 aromatic carbocycles. The number of carbonyl (C=O) groups excluding carboxylic acids is 1. The van der Waals surface area contributed by atoms with E-state index in [1.807, 2.05) is 6.92 Å². The average Bonchev–Trinajstić information content (AvgIpc) is 2.06. The SMILES string of the molecule is CC(=O)NCc1nc(C)cnc1Cl. The van der Waals surface area contributed by atoms with Crippen LogP contribution in [-0.2, 0) is 11.3 Å². The summed E-state index contributed by atoms with van der Waals surface area (Å²) in [5.41, 5.74) is 1.38. The van der Waals surface area contributed by atoms with E-state index in [2.05, 4.69) is 15.3 Å². The van der Waals surface area contributed by atoms with Gasteiger partial charge in [-0.2, -0.15) is 0 Å². The maximum Gasteiger partial charge on any atom is 0.217 e. The fraction of sp³-hybridized carbons (Fsp3) is 0.375. The summed E-state index contributed by atoms with van der Waals surface area (Å²) in [5, 5.41) is 2.94. The van der Waals surface area contributed by atoms with Crippen LogP contribution in [0, 0.1) is 6.92 Å². The molecule has 1 aromatic heterocycles. The zero-order chi connectivity index (χ0) is 9.84. The van der Waals surface area contributed by atoms with Crippen molar-refractivity contribution in [3.05, 3.63) is 22.7 Å². The number of rotatable bonds is 2. The molecule has 0 saturated carbocycles. The van der Waals surface area contributed by atoms with Crippen molar-refractivity contribution >= 4 is 17.5 Å². The van der Waals surface area contributed by atoms with Crippen molar-refractivity contribution in [2.45, 2.75) is 20.4 Å². The Labute approximate surface area is 81.3 Å². The molecule has 0 aliphatic rings. The Balaban J connectivity index is 2.75. The fourth-order valence-corrected chi connectivity index (χ4v) is 0.991. The van der Waals surface area contributed by atoms with E-state index in [4.69, 9.17) is 11.6 Å². The Bertz CT molecular complexity index is 327. The highest BCUT2D eigenvalue weighted by Gasteiger charge is 2.03. The van der Waals surface area contributed by atoms with Gasteiger partial charge in [-0.3, -0.25) is 9.78 Å². The van der Waals surface area contributed by atoms with Crippen molar-refractivity contribution in [2.75, 3.05) is 0 Å². The molecule has 1 aromatic rings. The minimum absolute atomic E-state index is 0.112. The van der Waals surface area contributed by atoms with E-state index in [9.17, 15) is 4.79 Å². The minimum Gasteiger partial charge on any atom is -0.351 e. The van der Waals surface area contributed by atoms with Crippen LogP contribution < -0.4 is 5.32 Å². The van der Waals surface area contributed by atoms with Crippen molar-refractivity contribution in [1.29, 1.82) is 0 Å². The molecule has 70 valence electrons. The summed E-state index contributed by atoms with van der Waals surface area (Å²) in [4.78, 5) is 18.7. The first-order valence-electron chi connectivity index (χ1n) is 3.82. The Kier molecular flexibility index (Phi) is 3.19. The summed E-state index contributed by atoms with van der Waals surface area (Å²) < 4.78 is 0. The van der Waals surface area contributed by atoms with Crippen LogP contribution in [-0.4, -0.2) is 15.9 Å². The van der Waals surface area contributed by atoms with Gasteiger partial charge in [-0.15, -0.1) is 0 Å². The summed E-state index contributed by atoms with van der Waals surface area (Å²) in [6.07, 6.45) is 1.58. The van der Waals surface area contributed by atoms with Gasteiger partial charge in [-0.25, -0.2) is 4.98 Å². The van der Waals surface area contributed by atoms with Crippen molar-refractivity contribution in [1.82, 2.24) is 15.3 Å². The second-order valence-electron chi connectivity index (χ2n) is 2.66. The number of amides is 1. The van der Waals surface area contributed by atoms with Crippen LogP contribution >= 0.6 is 11.6 Å². The van der Waals surface area contributed by atoms with Crippen LogP contribution in [0.25, 0.3) is 0 Å². The highest BCUT2D eigenvalue weighted by Crippen LogP contribution is 2.09. The number of aromatic nitrogens is 2. The van der Waals surface area contributed by atoms with Gasteiger partial charge in [0, 0.05) is 13.1 Å². The normalized spacial score (nSPS) is 9.77. The van der Waals surface area contributed by atoms with Gasteiger partial charge < -0.3 is 5.32 Å². The highest BCUT2D eigenvalue weighted by atomic mass is 35.5. The monoisotopic (exact) mass is 199 g/mol. The van der Waals surface area contributed by atoms with Gasteiger partial charge in [0.05, 0.1) is 17.9 Å². The van der Waals surface area contributed by atoms with E-state index in [-0.39, 0.29) is 5.91 Å². The summed E-state index contributed by atoms with van der Waals surface area (Å²) >= 11 is 5.75. The van der Waals surface area contributed by atoms with Crippen LogP contribution in [0.5, 0.6) is 0 Å². The van der Waals surface area contributed by atoms with E-state index in [0.29, 0.717) is 17.4 Å². The van der Waals surface area contributed by atoms with Crippen molar-refractivity contribution in [3.63, 3.8) is 0 Å². The average molecular weight is 200 g/mol. The summed E-state index contributed by atoms with van der Waals surface area (Å²) in [6, 6.07) is 0. The first-order valence-corrected chi connectivity index (χ1v) is 4.20. The molecule has 1 amide bonds. The Morgan fingerprint density at radius 1 is 1.69 bits per heavy atom. The van der Waals surface area contributed by atoms with Crippen LogP contribution in [0.1, 0.15) is 18.3 Å². The van der Waals surface area contributed by atoms with Gasteiger partial charge in [-0.05, 0) is 6.92 Å². The molecular weight excluding hydrogens is 190 g/mol. The van der Waals surface area contributed by atoms with Gasteiger partial charge in [0.15, 0.2) is 5.15 Å². The van der Waals surface area contributed by atoms with E-state index in [1.54, 1.807) is 6.20 Å². The molecule has 5 heteroatoms. The first-order chi connectivity index (χ1) is 6.09. The van der Waals surface area contributed by atoms with Gasteiger partial charge in [-0.1, -0.05) is 11.6 Å². The number of nitrogens with zero attached hydrogens (tertiary/aromatic N) is 2. The molecule has 0 spiro atoms. The number of carbonyl (C=O) groups is 1. The van der Waals surface area contributed by atoms with Crippen molar-refractivity contribution < 1.29 is 4.79 Å². The molecule has 0 aliphatic heterocycles. The zero-order valence-electron chi connectivity index (χ0n) is 7.47. The van der Waals surface area contributed by atoms with Crippen molar-refractivity contribution in [2.24, 2.45) is 0 Å².